The van der Waals surface area contributed by atoms with Crippen molar-refractivity contribution < 1.29 is 61.1 Å². The van der Waals surface area contributed by atoms with Gasteiger partial charge in [-0.1, -0.05) is 84.7 Å². The number of aliphatic hydroxyl groups is 1. The van der Waals surface area contributed by atoms with E-state index in [-0.39, 0.29) is 49.3 Å². The van der Waals surface area contributed by atoms with Crippen LogP contribution in [0.4, 0.5) is 14.4 Å². The van der Waals surface area contributed by atoms with Gasteiger partial charge in [0.15, 0.2) is 17.8 Å². The van der Waals surface area contributed by atoms with Crippen molar-refractivity contribution in [2.24, 2.45) is 28.4 Å². The standard InChI is InChI=1S/C33H47N3O9S.C12H25NO2.C2H3ClO2/c1-33(2,13-6-7-14-34)22-36(46(39,40)24-10-11-28-29(19-24)42-17-16-41-28)20-27(37)26(18-23-8-4-3-5-9-23)35-32(38)45-30-21-44-31-25(30)12-15-43-31;1-10(2)12(3,4)8-6-7-9-13-11(14)15-5;1-5-2(3)4/h3-5,8-11,19,25-27,30-31,37H,6-7,12-18,20-22,34H2,1-2H3,(H,35,38);10H,6-9H2,1-5H3,(H,13,14);1H3/t25-,26-,27+,30-,31+;;/m0../s1. The molecule has 2 aromatic rings. The minimum atomic E-state index is -4.12. The van der Waals surface area contributed by atoms with Crippen molar-refractivity contribution in [1.82, 2.24) is 14.9 Å². The van der Waals surface area contributed by atoms with Crippen LogP contribution in [0.15, 0.2) is 53.4 Å². The molecule has 19 heteroatoms. The fourth-order valence-electron chi connectivity index (χ4n) is 7.50. The first kappa shape index (κ1) is 56.4. The van der Waals surface area contributed by atoms with E-state index in [0.29, 0.717) is 55.7 Å². The summed E-state index contributed by atoms with van der Waals surface area (Å²) < 4.78 is 66.4. The molecule has 5 N–H and O–H groups in total. The van der Waals surface area contributed by atoms with Gasteiger partial charge in [0.2, 0.25) is 10.0 Å². The highest BCUT2D eigenvalue weighted by Gasteiger charge is 2.44. The molecule has 374 valence electrons. The summed E-state index contributed by atoms with van der Waals surface area (Å²) in [4.78, 5) is 33.3. The number of hydrogen-bond acceptors (Lipinski definition) is 14. The Hall–Kier alpha value is -3.91. The third kappa shape index (κ3) is 19.0. The van der Waals surface area contributed by atoms with Gasteiger partial charge in [0.25, 0.3) is 0 Å². The van der Waals surface area contributed by atoms with Crippen LogP contribution in [-0.2, 0) is 40.1 Å². The molecule has 0 unspecified atom stereocenters. The van der Waals surface area contributed by atoms with E-state index in [0.717, 1.165) is 44.1 Å². The number of methoxy groups -OCH3 is 2. The summed E-state index contributed by atoms with van der Waals surface area (Å²) >= 11 is 4.60. The van der Waals surface area contributed by atoms with Crippen LogP contribution in [0.2, 0.25) is 0 Å². The Morgan fingerprint density at radius 3 is 2.21 bits per heavy atom. The molecule has 2 aromatic carbocycles. The van der Waals surface area contributed by atoms with Gasteiger partial charge in [0, 0.05) is 37.3 Å². The topological polar surface area (TPSA) is 224 Å². The molecule has 0 spiro atoms. The van der Waals surface area contributed by atoms with E-state index in [1.54, 1.807) is 6.07 Å². The molecule has 0 saturated carbocycles. The van der Waals surface area contributed by atoms with Gasteiger partial charge in [-0.05, 0) is 79.5 Å². The molecule has 0 aliphatic carbocycles. The van der Waals surface area contributed by atoms with Crippen molar-refractivity contribution >= 4 is 39.2 Å². The first-order chi connectivity index (χ1) is 31.2. The molecule has 3 aliphatic heterocycles. The van der Waals surface area contributed by atoms with Crippen molar-refractivity contribution in [2.45, 2.75) is 122 Å². The Morgan fingerprint density at radius 1 is 0.909 bits per heavy atom. The molecule has 0 aromatic heterocycles. The number of unbranched alkanes of at least 4 members (excludes halogenated alkanes) is 2. The first-order valence-corrected chi connectivity index (χ1v) is 24.6. The Kier molecular flexibility index (Phi) is 23.8. The predicted octanol–water partition coefficient (Wildman–Crippen LogP) is 7.25. The van der Waals surface area contributed by atoms with E-state index in [4.69, 9.17) is 29.4 Å². The molecule has 66 heavy (non-hydrogen) atoms. The predicted molar refractivity (Wildman–Crippen MR) is 251 cm³/mol. The Balaban J connectivity index is 0.000000483. The Bertz CT molecular complexity index is 1890. The lowest BCUT2D eigenvalue weighted by Gasteiger charge is -2.35. The maximum absolute atomic E-state index is 14.3. The lowest BCUT2D eigenvalue weighted by molar-refractivity contribution is -0.0907. The van der Waals surface area contributed by atoms with Gasteiger partial charge in [-0.3, -0.25) is 0 Å². The number of halogens is 1. The number of aliphatic hydroxyl groups excluding tert-OH is 1. The van der Waals surface area contributed by atoms with Gasteiger partial charge in [0.1, 0.15) is 19.3 Å². The number of amides is 2. The first-order valence-electron chi connectivity index (χ1n) is 22.8. The number of ether oxygens (including phenoxy) is 7. The van der Waals surface area contributed by atoms with Crippen LogP contribution in [0.5, 0.6) is 11.5 Å². The lowest BCUT2D eigenvalue weighted by atomic mass is 9.77. The number of rotatable bonds is 21. The molecule has 0 bridgehead atoms. The van der Waals surface area contributed by atoms with Crippen LogP contribution in [0, 0.1) is 22.7 Å². The summed E-state index contributed by atoms with van der Waals surface area (Å²) in [7, 11) is -1.51. The molecule has 3 aliphatic rings. The highest BCUT2D eigenvalue weighted by atomic mass is 35.5. The van der Waals surface area contributed by atoms with Gasteiger partial charge < -0.3 is 54.6 Å². The van der Waals surface area contributed by atoms with Crippen molar-refractivity contribution in [3.05, 3.63) is 54.1 Å². The second-order valence-electron chi connectivity index (χ2n) is 18.5. The van der Waals surface area contributed by atoms with E-state index in [1.165, 1.54) is 37.1 Å². The van der Waals surface area contributed by atoms with Crippen molar-refractivity contribution in [3.63, 3.8) is 0 Å². The number of hydrogen-bond donors (Lipinski definition) is 4. The normalized spacial score (nSPS) is 18.7. The summed E-state index contributed by atoms with van der Waals surface area (Å²) in [5.41, 5.74) is 5.77. The number of nitrogens with two attached hydrogens (primary N) is 1. The molecular weight excluding hydrogens is 896 g/mol. The van der Waals surface area contributed by atoms with Crippen LogP contribution in [0.3, 0.4) is 0 Å². The van der Waals surface area contributed by atoms with Crippen molar-refractivity contribution in [1.29, 1.82) is 0 Å². The van der Waals surface area contributed by atoms with Gasteiger partial charge in [-0.15, -0.1) is 0 Å². The quantitative estimate of drug-likeness (QED) is 0.0550. The van der Waals surface area contributed by atoms with E-state index >= 15 is 0 Å². The molecule has 17 nitrogen and oxygen atoms in total. The maximum atomic E-state index is 14.3. The number of fused-ring (bicyclic) bond motifs is 2. The fourth-order valence-corrected chi connectivity index (χ4v) is 9.16. The second-order valence-corrected chi connectivity index (χ2v) is 20.7. The fraction of sp³-hybridized carbons (Fsp3) is 0.681. The number of nitrogens with zero attached hydrogens (tertiary/aromatic N) is 1. The number of carbonyl (C=O) groups excluding carboxylic acids is 3. The number of benzene rings is 2. The minimum Gasteiger partial charge on any atom is -0.486 e. The van der Waals surface area contributed by atoms with E-state index in [2.05, 4.69) is 59.4 Å². The SMILES string of the molecule is CC(C)(CCCCN)CN(C[C@@H](O)[C@H](Cc1ccccc1)NC(=O)O[C@H]1CO[C@H]2OCC[C@H]21)S(=O)(=O)c1ccc2c(c1)OCCO2.COC(=O)Cl.COC(=O)NCCCCC(C)(C)C(C)C. The van der Waals surface area contributed by atoms with E-state index in [9.17, 15) is 27.9 Å². The molecule has 2 fully saturated rings. The lowest BCUT2D eigenvalue weighted by Crippen LogP contribution is -2.52. The molecule has 2 saturated heterocycles. The summed E-state index contributed by atoms with van der Waals surface area (Å²) in [6.45, 7) is 15.7. The highest BCUT2D eigenvalue weighted by Crippen LogP contribution is 2.36. The maximum Gasteiger partial charge on any atom is 0.407 e. The molecular formula is C47H75ClN4O13S. The smallest absolute Gasteiger partial charge is 0.407 e. The monoisotopic (exact) mass is 970 g/mol. The molecule has 3 heterocycles. The summed E-state index contributed by atoms with van der Waals surface area (Å²) in [6.07, 6.45) is 3.59. The number of nitrogens with one attached hydrogen (secondary N) is 2. The summed E-state index contributed by atoms with van der Waals surface area (Å²) in [5, 5.41) is 17.3. The molecule has 2 amide bonds. The molecule has 5 rings (SSSR count). The zero-order valence-corrected chi connectivity index (χ0v) is 41.6. The third-order valence-electron chi connectivity index (χ3n) is 12.2. The van der Waals surface area contributed by atoms with Gasteiger partial charge in [0.05, 0.1) is 50.4 Å². The number of sulfonamides is 1. The second kappa shape index (κ2) is 27.8. The largest absolute Gasteiger partial charge is 0.486 e. The Labute approximate surface area is 397 Å². The number of carbonyl (C=O) groups is 3. The van der Waals surface area contributed by atoms with Crippen LogP contribution in [0.1, 0.15) is 92.1 Å². The van der Waals surface area contributed by atoms with Crippen LogP contribution < -0.4 is 25.8 Å². The highest BCUT2D eigenvalue weighted by molar-refractivity contribution is 7.89. The molecule has 0 radical (unpaired) electrons. The van der Waals surface area contributed by atoms with Gasteiger partial charge in [-0.2, -0.15) is 4.31 Å². The third-order valence-corrected chi connectivity index (χ3v) is 14.2. The van der Waals surface area contributed by atoms with E-state index in [1.807, 2.05) is 44.2 Å². The Morgan fingerprint density at radius 2 is 1.58 bits per heavy atom. The van der Waals surface area contributed by atoms with Gasteiger partial charge >= 0.3 is 17.6 Å². The minimum absolute atomic E-state index is 0.0308. The summed E-state index contributed by atoms with van der Waals surface area (Å²) in [6, 6.07) is 13.1. The zero-order chi connectivity index (χ0) is 48.9. The van der Waals surface area contributed by atoms with Crippen LogP contribution in [0.25, 0.3) is 0 Å². The van der Waals surface area contributed by atoms with Crippen molar-refractivity contribution in [2.75, 3.05) is 66.8 Å². The van der Waals surface area contributed by atoms with Crippen LogP contribution >= 0.6 is 11.6 Å². The van der Waals surface area contributed by atoms with Gasteiger partial charge in [-0.25, -0.2) is 22.8 Å². The van der Waals surface area contributed by atoms with E-state index < -0.39 is 45.2 Å². The van der Waals surface area contributed by atoms with Crippen molar-refractivity contribution in [3.8, 4) is 11.5 Å². The number of alkyl carbamates (subject to hydrolysis) is 2. The average Bonchev–Trinajstić information content (AvgIpc) is 3.91. The summed E-state index contributed by atoms with van der Waals surface area (Å²) in [5.74, 6) is 1.49. The molecule has 5 atom stereocenters. The average molecular weight is 972 g/mol. The zero-order valence-electron chi connectivity index (χ0n) is 40.1. The van der Waals surface area contributed by atoms with Crippen LogP contribution in [-0.4, -0.2) is 127 Å².